The molecule has 23 heavy (non-hydrogen) atoms. The zero-order valence-electron chi connectivity index (χ0n) is 13.9. The Kier molecular flexibility index (Phi) is 7.88. The van der Waals surface area contributed by atoms with E-state index in [0.717, 1.165) is 12.1 Å². The molecule has 5 heteroatoms. The number of anilines is 2. The average molecular weight is 424 g/mol. The van der Waals surface area contributed by atoms with Crippen molar-refractivity contribution in [2.24, 2.45) is 10.7 Å². The van der Waals surface area contributed by atoms with E-state index in [2.05, 4.69) is 46.4 Å². The Morgan fingerprint density at radius 2 is 1.65 bits per heavy atom. The molecule has 0 saturated heterocycles. The summed E-state index contributed by atoms with van der Waals surface area (Å²) in [5.74, 6) is 0.453. The molecule has 4 nitrogen and oxygen atoms in total. The number of hydrogen-bond acceptors (Lipinski definition) is 2. The highest BCUT2D eigenvalue weighted by Gasteiger charge is 1.97. The molecule has 124 valence electrons. The number of hydrogen-bond donors (Lipinski definition) is 2. The van der Waals surface area contributed by atoms with Crippen LogP contribution in [0.25, 0.3) is 0 Å². The van der Waals surface area contributed by atoms with Crippen molar-refractivity contribution in [3.63, 3.8) is 0 Å². The van der Waals surface area contributed by atoms with Gasteiger partial charge in [0.2, 0.25) is 0 Å². The summed E-state index contributed by atoms with van der Waals surface area (Å²) in [7, 11) is 4.08. The SMILES string of the molecule is Cc1ccc(NC(N)=NCCc2ccc(N(C)C)cc2)cc1.I. The van der Waals surface area contributed by atoms with Crippen LogP contribution in [0.5, 0.6) is 0 Å². The van der Waals surface area contributed by atoms with Crippen LogP contribution in [0.2, 0.25) is 0 Å². The minimum absolute atomic E-state index is 0. The molecule has 0 bridgehead atoms. The fraction of sp³-hybridized carbons (Fsp3) is 0.278. The fourth-order valence-corrected chi connectivity index (χ4v) is 2.09. The third-order valence-electron chi connectivity index (χ3n) is 3.46. The lowest BCUT2D eigenvalue weighted by molar-refractivity contribution is 0.963. The van der Waals surface area contributed by atoms with Gasteiger partial charge in [0.15, 0.2) is 5.96 Å². The zero-order chi connectivity index (χ0) is 15.9. The van der Waals surface area contributed by atoms with Crippen LogP contribution in [-0.4, -0.2) is 26.6 Å². The van der Waals surface area contributed by atoms with Gasteiger partial charge in [-0.1, -0.05) is 29.8 Å². The van der Waals surface area contributed by atoms with Gasteiger partial charge in [-0.15, -0.1) is 24.0 Å². The maximum Gasteiger partial charge on any atom is 0.193 e. The van der Waals surface area contributed by atoms with E-state index in [0.29, 0.717) is 12.5 Å². The van der Waals surface area contributed by atoms with Crippen LogP contribution in [0.3, 0.4) is 0 Å². The van der Waals surface area contributed by atoms with E-state index in [9.17, 15) is 0 Å². The molecule has 0 amide bonds. The van der Waals surface area contributed by atoms with E-state index in [4.69, 9.17) is 5.73 Å². The molecule has 0 radical (unpaired) electrons. The van der Waals surface area contributed by atoms with Gasteiger partial charge >= 0.3 is 0 Å². The van der Waals surface area contributed by atoms with Crippen LogP contribution in [0.15, 0.2) is 53.5 Å². The Hall–Kier alpha value is -1.76. The average Bonchev–Trinajstić information content (AvgIpc) is 2.50. The number of benzene rings is 2. The molecule has 3 N–H and O–H groups in total. The van der Waals surface area contributed by atoms with E-state index >= 15 is 0 Å². The van der Waals surface area contributed by atoms with Crippen molar-refractivity contribution in [2.45, 2.75) is 13.3 Å². The number of nitrogens with zero attached hydrogens (tertiary/aromatic N) is 2. The smallest absolute Gasteiger partial charge is 0.193 e. The van der Waals surface area contributed by atoms with Crippen LogP contribution in [0.1, 0.15) is 11.1 Å². The summed E-state index contributed by atoms with van der Waals surface area (Å²) in [6, 6.07) is 16.6. The predicted octanol–water partition coefficient (Wildman–Crippen LogP) is 3.65. The Bertz CT molecular complexity index is 618. The maximum absolute atomic E-state index is 5.90. The van der Waals surface area contributed by atoms with Crippen molar-refractivity contribution in [2.75, 3.05) is 30.9 Å². The van der Waals surface area contributed by atoms with Gasteiger partial charge in [0, 0.05) is 32.0 Å². The molecule has 0 fully saturated rings. The first kappa shape index (κ1) is 19.3. The molecule has 2 aromatic rings. The van der Waals surface area contributed by atoms with Crippen molar-refractivity contribution in [3.8, 4) is 0 Å². The second-order valence-electron chi connectivity index (χ2n) is 5.57. The van der Waals surface area contributed by atoms with Gasteiger partial charge in [-0.2, -0.15) is 0 Å². The summed E-state index contributed by atoms with van der Waals surface area (Å²) in [4.78, 5) is 6.46. The first-order valence-corrected chi connectivity index (χ1v) is 7.44. The highest BCUT2D eigenvalue weighted by atomic mass is 127. The number of aryl methyl sites for hydroxylation is 1. The molecule has 0 aromatic heterocycles. The van der Waals surface area contributed by atoms with E-state index in [1.165, 1.54) is 16.8 Å². The number of aliphatic imine (C=N–C) groups is 1. The molecule has 0 unspecified atom stereocenters. The minimum Gasteiger partial charge on any atom is -0.378 e. The number of guanidine groups is 1. The Morgan fingerprint density at radius 1 is 1.04 bits per heavy atom. The Balaban J connectivity index is 0.00000264. The third-order valence-corrected chi connectivity index (χ3v) is 3.46. The summed E-state index contributed by atoms with van der Waals surface area (Å²) in [5.41, 5.74) is 10.6. The summed E-state index contributed by atoms with van der Waals surface area (Å²) in [6.07, 6.45) is 0.879. The van der Waals surface area contributed by atoms with Crippen molar-refractivity contribution >= 4 is 41.3 Å². The molecular formula is C18H25IN4. The summed E-state index contributed by atoms with van der Waals surface area (Å²) >= 11 is 0. The number of halogens is 1. The number of rotatable bonds is 5. The van der Waals surface area contributed by atoms with E-state index in [-0.39, 0.29) is 24.0 Å². The molecule has 0 saturated carbocycles. The molecule has 0 aliphatic heterocycles. The monoisotopic (exact) mass is 424 g/mol. The molecule has 0 heterocycles. The van der Waals surface area contributed by atoms with Gasteiger partial charge in [0.1, 0.15) is 0 Å². The van der Waals surface area contributed by atoms with E-state index < -0.39 is 0 Å². The van der Waals surface area contributed by atoms with Gasteiger partial charge in [-0.3, -0.25) is 4.99 Å². The standard InChI is InChI=1S/C18H24N4.HI/c1-14-4-8-16(9-5-14)21-18(19)20-13-12-15-6-10-17(11-7-15)22(2)3;/h4-11H,12-13H2,1-3H3,(H3,19,20,21);1H. The predicted molar refractivity (Wildman–Crippen MR) is 111 cm³/mol. The third kappa shape index (κ3) is 6.48. The van der Waals surface area contributed by atoms with Crippen molar-refractivity contribution < 1.29 is 0 Å². The molecule has 0 spiro atoms. The van der Waals surface area contributed by atoms with Crippen molar-refractivity contribution in [1.29, 1.82) is 0 Å². The summed E-state index contributed by atoms with van der Waals surface area (Å²) in [6.45, 7) is 2.73. The molecule has 0 aliphatic carbocycles. The molecular weight excluding hydrogens is 399 g/mol. The lowest BCUT2D eigenvalue weighted by Gasteiger charge is -2.12. The number of nitrogens with one attached hydrogen (secondary N) is 1. The van der Waals surface area contributed by atoms with Gasteiger partial charge < -0.3 is 16.0 Å². The Morgan fingerprint density at radius 3 is 2.22 bits per heavy atom. The number of nitrogens with two attached hydrogens (primary N) is 1. The van der Waals surface area contributed by atoms with Crippen molar-refractivity contribution in [1.82, 2.24) is 0 Å². The van der Waals surface area contributed by atoms with Crippen LogP contribution >= 0.6 is 24.0 Å². The fourth-order valence-electron chi connectivity index (χ4n) is 2.09. The lowest BCUT2D eigenvalue weighted by Crippen LogP contribution is -2.23. The molecule has 0 atom stereocenters. The van der Waals surface area contributed by atoms with Crippen molar-refractivity contribution in [3.05, 3.63) is 59.7 Å². The van der Waals surface area contributed by atoms with Crippen LogP contribution in [0.4, 0.5) is 11.4 Å². The Labute approximate surface area is 155 Å². The van der Waals surface area contributed by atoms with E-state index in [1.807, 2.05) is 38.4 Å². The second kappa shape index (κ2) is 9.39. The maximum atomic E-state index is 5.90. The molecule has 2 rings (SSSR count). The minimum atomic E-state index is 0. The highest BCUT2D eigenvalue weighted by Crippen LogP contribution is 2.12. The largest absolute Gasteiger partial charge is 0.378 e. The zero-order valence-corrected chi connectivity index (χ0v) is 16.2. The summed E-state index contributed by atoms with van der Waals surface area (Å²) in [5, 5.41) is 3.10. The second-order valence-corrected chi connectivity index (χ2v) is 5.57. The lowest BCUT2D eigenvalue weighted by atomic mass is 10.1. The van der Waals surface area contributed by atoms with Crippen LogP contribution in [0, 0.1) is 6.92 Å². The van der Waals surface area contributed by atoms with Gasteiger partial charge in [-0.25, -0.2) is 0 Å². The van der Waals surface area contributed by atoms with Crippen LogP contribution in [-0.2, 0) is 6.42 Å². The molecule has 0 aliphatic rings. The first-order valence-electron chi connectivity index (χ1n) is 7.44. The normalized spacial score (nSPS) is 10.8. The molecule has 2 aromatic carbocycles. The topological polar surface area (TPSA) is 53.6 Å². The van der Waals surface area contributed by atoms with Gasteiger partial charge in [-0.05, 0) is 43.2 Å². The quantitative estimate of drug-likeness (QED) is 0.438. The van der Waals surface area contributed by atoms with Gasteiger partial charge in [0.05, 0.1) is 0 Å². The summed E-state index contributed by atoms with van der Waals surface area (Å²) < 4.78 is 0. The highest BCUT2D eigenvalue weighted by molar-refractivity contribution is 14.0. The first-order chi connectivity index (χ1) is 10.5. The van der Waals surface area contributed by atoms with E-state index in [1.54, 1.807) is 0 Å². The van der Waals surface area contributed by atoms with Gasteiger partial charge in [0.25, 0.3) is 0 Å². The van der Waals surface area contributed by atoms with Crippen LogP contribution < -0.4 is 16.0 Å².